The molecule has 0 unspecified atom stereocenters. The van der Waals surface area contributed by atoms with Crippen molar-refractivity contribution in [2.45, 2.75) is 26.2 Å². The summed E-state index contributed by atoms with van der Waals surface area (Å²) >= 11 is 0. The largest absolute Gasteiger partial charge is 0.455 e. The fraction of sp³-hybridized carbons (Fsp3) is 0.222. The Bertz CT molecular complexity index is 982. The Labute approximate surface area is 159 Å². The number of fused-ring (bicyclic) bond motifs is 1. The molecule has 3 rings (SSSR count). The van der Waals surface area contributed by atoms with E-state index in [1.165, 1.54) is 18.2 Å². The molecule has 0 saturated heterocycles. The second kappa shape index (κ2) is 7.91. The first-order valence-electron chi connectivity index (χ1n) is 8.48. The predicted molar refractivity (Wildman–Crippen MR) is 97.0 cm³/mol. The maximum absolute atomic E-state index is 13.6. The van der Waals surface area contributed by atoms with Crippen molar-refractivity contribution in [3.05, 3.63) is 58.3 Å². The Morgan fingerprint density at radius 3 is 2.57 bits per heavy atom. The molecule has 0 bridgehead atoms. The van der Waals surface area contributed by atoms with Crippen LogP contribution in [0.4, 0.5) is 9.18 Å². The van der Waals surface area contributed by atoms with Crippen molar-refractivity contribution in [3.63, 3.8) is 0 Å². The number of benzene rings is 1. The number of carbonyl (C=O) groups excluding carboxylic acids is 3. The van der Waals surface area contributed by atoms with Crippen LogP contribution < -0.4 is 22.0 Å². The van der Waals surface area contributed by atoms with Gasteiger partial charge in [-0.25, -0.2) is 14.6 Å². The van der Waals surface area contributed by atoms with Crippen LogP contribution in [0.15, 0.2) is 33.8 Å². The van der Waals surface area contributed by atoms with E-state index in [9.17, 15) is 18.8 Å². The molecule has 10 heteroatoms. The SMILES string of the molecule is Cc1c(C(=O)NNC(=O)c2ccccc2F)oc2c1/C(=N/NC(N)=O)CCC2. The van der Waals surface area contributed by atoms with Crippen molar-refractivity contribution < 1.29 is 23.2 Å². The second-order valence-corrected chi connectivity index (χ2v) is 6.13. The summed E-state index contributed by atoms with van der Waals surface area (Å²) in [5.74, 6) is -1.65. The summed E-state index contributed by atoms with van der Waals surface area (Å²) in [6, 6.07) is 4.60. The third-order valence-corrected chi connectivity index (χ3v) is 4.24. The highest BCUT2D eigenvalue weighted by atomic mass is 19.1. The van der Waals surface area contributed by atoms with Gasteiger partial charge in [-0.2, -0.15) is 5.10 Å². The van der Waals surface area contributed by atoms with E-state index >= 15 is 0 Å². The van der Waals surface area contributed by atoms with E-state index in [0.29, 0.717) is 35.4 Å². The molecule has 1 heterocycles. The zero-order chi connectivity index (χ0) is 20.3. The van der Waals surface area contributed by atoms with E-state index in [2.05, 4.69) is 21.4 Å². The molecule has 1 aliphatic carbocycles. The van der Waals surface area contributed by atoms with Crippen LogP contribution in [-0.4, -0.2) is 23.6 Å². The number of halogens is 1. The summed E-state index contributed by atoms with van der Waals surface area (Å²) < 4.78 is 19.3. The molecule has 5 N–H and O–H groups in total. The molecule has 28 heavy (non-hydrogen) atoms. The summed E-state index contributed by atoms with van der Waals surface area (Å²) in [5, 5.41) is 3.97. The van der Waals surface area contributed by atoms with Gasteiger partial charge in [0, 0.05) is 17.5 Å². The van der Waals surface area contributed by atoms with Gasteiger partial charge in [-0.15, -0.1) is 0 Å². The van der Waals surface area contributed by atoms with Crippen molar-refractivity contribution in [1.29, 1.82) is 0 Å². The lowest BCUT2D eigenvalue weighted by Gasteiger charge is -2.13. The van der Waals surface area contributed by atoms with Gasteiger partial charge < -0.3 is 10.2 Å². The molecule has 4 amide bonds. The Morgan fingerprint density at radius 2 is 1.86 bits per heavy atom. The standard InChI is InChI=1S/C18H18FN5O4/c1-9-14-12(21-24-18(20)27)7-4-8-13(14)28-15(9)17(26)23-22-16(25)10-5-2-3-6-11(10)19/h2-3,5-6H,4,7-8H2,1H3,(H,22,25)(H,23,26)(H3,20,24,27)/b21-12+. The molecular formula is C18H18FN5O4. The lowest BCUT2D eigenvalue weighted by Crippen LogP contribution is -2.42. The summed E-state index contributed by atoms with van der Waals surface area (Å²) in [5.41, 5.74) is 13.1. The lowest BCUT2D eigenvalue weighted by atomic mass is 9.93. The molecule has 2 aromatic rings. The molecule has 0 radical (unpaired) electrons. The Hall–Kier alpha value is -3.69. The number of aryl methyl sites for hydroxylation is 1. The minimum absolute atomic E-state index is 0.00694. The van der Waals surface area contributed by atoms with Gasteiger partial charge in [-0.05, 0) is 31.9 Å². The zero-order valence-corrected chi connectivity index (χ0v) is 15.0. The van der Waals surface area contributed by atoms with Crippen molar-refractivity contribution in [1.82, 2.24) is 16.3 Å². The first-order valence-corrected chi connectivity index (χ1v) is 8.48. The van der Waals surface area contributed by atoms with Crippen molar-refractivity contribution >= 4 is 23.6 Å². The van der Waals surface area contributed by atoms with Gasteiger partial charge in [0.05, 0.1) is 11.3 Å². The van der Waals surface area contributed by atoms with E-state index in [4.69, 9.17) is 10.2 Å². The van der Waals surface area contributed by atoms with E-state index in [1.807, 2.05) is 0 Å². The number of hydrogen-bond acceptors (Lipinski definition) is 5. The van der Waals surface area contributed by atoms with Gasteiger partial charge in [0.25, 0.3) is 5.91 Å². The number of hydrazone groups is 1. The molecule has 1 aliphatic rings. The highest BCUT2D eigenvalue weighted by Gasteiger charge is 2.28. The van der Waals surface area contributed by atoms with Crippen molar-refractivity contribution in [2.75, 3.05) is 0 Å². The first kappa shape index (κ1) is 19.1. The highest BCUT2D eigenvalue weighted by molar-refractivity contribution is 6.07. The first-order chi connectivity index (χ1) is 13.4. The zero-order valence-electron chi connectivity index (χ0n) is 15.0. The van der Waals surface area contributed by atoms with Gasteiger partial charge in [-0.1, -0.05) is 12.1 Å². The smallest absolute Gasteiger partial charge is 0.332 e. The fourth-order valence-corrected chi connectivity index (χ4v) is 3.00. The average molecular weight is 387 g/mol. The van der Waals surface area contributed by atoms with Crippen LogP contribution in [0.5, 0.6) is 0 Å². The minimum Gasteiger partial charge on any atom is -0.455 e. The molecule has 0 fully saturated rings. The van der Waals surface area contributed by atoms with Gasteiger partial charge in [0.1, 0.15) is 11.6 Å². The van der Waals surface area contributed by atoms with Crippen LogP contribution in [0.1, 0.15) is 50.6 Å². The monoisotopic (exact) mass is 387 g/mol. The van der Waals surface area contributed by atoms with Crippen LogP contribution in [0, 0.1) is 12.7 Å². The Kier molecular flexibility index (Phi) is 5.39. The van der Waals surface area contributed by atoms with Gasteiger partial charge in [0.2, 0.25) is 0 Å². The number of nitrogens with two attached hydrogens (primary N) is 1. The molecule has 9 nitrogen and oxygen atoms in total. The second-order valence-electron chi connectivity index (χ2n) is 6.13. The maximum atomic E-state index is 13.6. The van der Waals surface area contributed by atoms with Crippen molar-refractivity contribution in [3.8, 4) is 0 Å². The van der Waals surface area contributed by atoms with Gasteiger partial charge >= 0.3 is 11.9 Å². The summed E-state index contributed by atoms with van der Waals surface area (Å²) in [6.07, 6.45) is 1.91. The molecule has 0 saturated carbocycles. The Balaban J connectivity index is 1.76. The number of amides is 4. The third kappa shape index (κ3) is 3.85. The van der Waals surface area contributed by atoms with Gasteiger partial charge in [0.15, 0.2) is 5.76 Å². The van der Waals surface area contributed by atoms with Gasteiger partial charge in [-0.3, -0.25) is 20.4 Å². The number of urea groups is 1. The number of hydrogen-bond donors (Lipinski definition) is 4. The number of nitrogens with one attached hydrogen (secondary N) is 3. The summed E-state index contributed by atoms with van der Waals surface area (Å²) in [7, 11) is 0. The predicted octanol–water partition coefficient (Wildman–Crippen LogP) is 1.51. The molecule has 1 aromatic heterocycles. The summed E-state index contributed by atoms with van der Waals surface area (Å²) in [4.78, 5) is 35.3. The van der Waals surface area contributed by atoms with Crippen LogP contribution in [-0.2, 0) is 6.42 Å². The Morgan fingerprint density at radius 1 is 1.14 bits per heavy atom. The van der Waals surface area contributed by atoms with Crippen LogP contribution >= 0.6 is 0 Å². The van der Waals surface area contributed by atoms with Crippen LogP contribution in [0.3, 0.4) is 0 Å². The lowest BCUT2D eigenvalue weighted by molar-refractivity contribution is 0.0827. The van der Waals surface area contributed by atoms with E-state index in [1.54, 1.807) is 6.92 Å². The molecule has 0 atom stereocenters. The number of carbonyl (C=O) groups is 3. The fourth-order valence-electron chi connectivity index (χ4n) is 3.00. The number of primary amides is 1. The number of nitrogens with zero attached hydrogens (tertiary/aromatic N) is 1. The minimum atomic E-state index is -0.798. The maximum Gasteiger partial charge on any atom is 0.332 e. The molecule has 1 aromatic carbocycles. The molecule has 0 aliphatic heterocycles. The quantitative estimate of drug-likeness (QED) is 0.593. The summed E-state index contributed by atoms with van der Waals surface area (Å²) in [6.45, 7) is 1.67. The van der Waals surface area contributed by atoms with E-state index in [0.717, 1.165) is 12.5 Å². The average Bonchev–Trinajstić information content (AvgIpc) is 3.02. The van der Waals surface area contributed by atoms with Crippen LogP contribution in [0.2, 0.25) is 0 Å². The topological polar surface area (TPSA) is 139 Å². The molecule has 146 valence electrons. The highest BCUT2D eigenvalue weighted by Crippen LogP contribution is 2.29. The third-order valence-electron chi connectivity index (χ3n) is 4.24. The number of rotatable bonds is 3. The molecular weight excluding hydrogens is 369 g/mol. The van der Waals surface area contributed by atoms with E-state index < -0.39 is 23.7 Å². The molecule has 0 spiro atoms. The number of hydrazine groups is 1. The number of furan rings is 1. The van der Waals surface area contributed by atoms with E-state index in [-0.39, 0.29) is 11.3 Å². The van der Waals surface area contributed by atoms with Crippen molar-refractivity contribution in [2.24, 2.45) is 10.8 Å². The normalized spacial score (nSPS) is 14.3. The van der Waals surface area contributed by atoms with Crippen LogP contribution in [0.25, 0.3) is 0 Å².